The molecule has 7 nitrogen and oxygen atoms in total. The number of carbonyl (C=O) groups excluding carboxylic acids is 1. The third-order valence-electron chi connectivity index (χ3n) is 4.40. The zero-order chi connectivity index (χ0) is 21.5. The van der Waals surface area contributed by atoms with Crippen LogP contribution in [0.5, 0.6) is 5.75 Å². The number of nitrogens with zero attached hydrogens (tertiary/aromatic N) is 3. The summed E-state index contributed by atoms with van der Waals surface area (Å²) in [4.78, 5) is 12.3. The average molecular weight is 435 g/mol. The van der Waals surface area contributed by atoms with Gasteiger partial charge in [-0.1, -0.05) is 42.1 Å². The number of thioether (sulfide) groups is 1. The number of furan rings is 1. The summed E-state index contributed by atoms with van der Waals surface area (Å²) in [5.74, 6) is 2.12. The Morgan fingerprint density at radius 1 is 1.10 bits per heavy atom. The number of hydrogen-bond acceptors (Lipinski definition) is 6. The van der Waals surface area contributed by atoms with E-state index in [1.54, 1.807) is 12.3 Å². The van der Waals surface area contributed by atoms with Crippen molar-refractivity contribution in [2.75, 3.05) is 18.9 Å². The van der Waals surface area contributed by atoms with Gasteiger partial charge in [0.05, 0.1) is 18.6 Å². The Morgan fingerprint density at radius 3 is 2.74 bits per heavy atom. The normalized spacial score (nSPS) is 10.7. The molecule has 1 N–H and O–H groups in total. The number of benzene rings is 2. The maximum absolute atomic E-state index is 12.3. The predicted octanol–water partition coefficient (Wildman–Crippen LogP) is 4.12. The number of hydrogen-bond donors (Lipinski definition) is 1. The summed E-state index contributed by atoms with van der Waals surface area (Å²) in [6, 6.07) is 21.2. The molecule has 1 amide bonds. The fourth-order valence-electron chi connectivity index (χ4n) is 2.98. The van der Waals surface area contributed by atoms with Crippen molar-refractivity contribution >= 4 is 17.7 Å². The standard InChI is InChI=1S/C23H22N4O3S/c1-17-7-5-10-19(15-17)29-14-12-24-21(28)16-31-23-26-25-22(20-11-6-13-30-20)27(23)18-8-3-2-4-9-18/h2-11,13,15H,12,14,16H2,1H3,(H,24,28). The van der Waals surface area contributed by atoms with E-state index in [9.17, 15) is 4.79 Å². The number of nitrogens with one attached hydrogen (secondary N) is 1. The molecular weight excluding hydrogens is 412 g/mol. The third kappa shape index (κ3) is 5.35. The summed E-state index contributed by atoms with van der Waals surface area (Å²) in [6.07, 6.45) is 1.60. The second kappa shape index (κ2) is 9.99. The molecule has 4 aromatic rings. The van der Waals surface area contributed by atoms with Gasteiger partial charge in [-0.25, -0.2) is 0 Å². The zero-order valence-corrected chi connectivity index (χ0v) is 17.8. The van der Waals surface area contributed by atoms with Crippen LogP contribution in [0.2, 0.25) is 0 Å². The molecule has 0 radical (unpaired) electrons. The smallest absolute Gasteiger partial charge is 0.230 e. The lowest BCUT2D eigenvalue weighted by Gasteiger charge is -2.10. The quantitative estimate of drug-likeness (QED) is 0.315. The van der Waals surface area contributed by atoms with Crippen molar-refractivity contribution in [2.24, 2.45) is 0 Å². The SMILES string of the molecule is Cc1cccc(OCCNC(=O)CSc2nnc(-c3ccco3)n2-c2ccccc2)c1. The predicted molar refractivity (Wildman–Crippen MR) is 119 cm³/mol. The van der Waals surface area contributed by atoms with Crippen LogP contribution in [0.1, 0.15) is 5.56 Å². The largest absolute Gasteiger partial charge is 0.492 e. The molecule has 0 fully saturated rings. The van der Waals surface area contributed by atoms with Crippen LogP contribution >= 0.6 is 11.8 Å². The molecular formula is C23H22N4O3S. The molecule has 2 aromatic heterocycles. The van der Waals surface area contributed by atoms with Crippen molar-refractivity contribution in [2.45, 2.75) is 12.1 Å². The zero-order valence-electron chi connectivity index (χ0n) is 17.0. The Balaban J connectivity index is 1.35. The van der Waals surface area contributed by atoms with E-state index in [4.69, 9.17) is 9.15 Å². The highest BCUT2D eigenvalue weighted by Gasteiger charge is 2.18. The Kier molecular flexibility index (Phi) is 6.68. The first-order valence-corrected chi connectivity index (χ1v) is 10.8. The highest BCUT2D eigenvalue weighted by Crippen LogP contribution is 2.28. The van der Waals surface area contributed by atoms with Gasteiger partial charge >= 0.3 is 0 Å². The maximum atomic E-state index is 12.3. The Labute approximate surface area is 184 Å². The monoisotopic (exact) mass is 434 g/mol. The van der Waals surface area contributed by atoms with E-state index < -0.39 is 0 Å². The summed E-state index contributed by atoms with van der Waals surface area (Å²) in [7, 11) is 0. The molecule has 31 heavy (non-hydrogen) atoms. The van der Waals surface area contributed by atoms with Crippen LogP contribution in [0.15, 0.2) is 82.6 Å². The minimum absolute atomic E-state index is 0.0972. The fourth-order valence-corrected chi connectivity index (χ4v) is 3.77. The maximum Gasteiger partial charge on any atom is 0.230 e. The van der Waals surface area contributed by atoms with Crippen molar-refractivity contribution in [1.29, 1.82) is 0 Å². The number of amides is 1. The van der Waals surface area contributed by atoms with Crippen molar-refractivity contribution in [3.05, 3.63) is 78.6 Å². The van der Waals surface area contributed by atoms with Crippen molar-refractivity contribution < 1.29 is 13.9 Å². The molecule has 0 aliphatic carbocycles. The summed E-state index contributed by atoms with van der Waals surface area (Å²) >= 11 is 1.32. The van der Waals surface area contributed by atoms with Crippen LogP contribution in [-0.2, 0) is 4.79 Å². The van der Waals surface area contributed by atoms with E-state index in [1.807, 2.05) is 72.2 Å². The van der Waals surface area contributed by atoms with E-state index in [2.05, 4.69) is 15.5 Å². The van der Waals surface area contributed by atoms with Crippen LogP contribution in [-0.4, -0.2) is 39.6 Å². The molecule has 4 rings (SSSR count). The Morgan fingerprint density at radius 2 is 1.97 bits per heavy atom. The van der Waals surface area contributed by atoms with Crippen LogP contribution in [0.3, 0.4) is 0 Å². The molecule has 0 spiro atoms. The molecule has 158 valence electrons. The lowest BCUT2D eigenvalue weighted by molar-refractivity contribution is -0.118. The minimum Gasteiger partial charge on any atom is -0.492 e. The van der Waals surface area contributed by atoms with Crippen LogP contribution < -0.4 is 10.1 Å². The number of ether oxygens (including phenoxy) is 1. The third-order valence-corrected chi connectivity index (χ3v) is 5.33. The van der Waals surface area contributed by atoms with Gasteiger partial charge in [-0.3, -0.25) is 9.36 Å². The molecule has 2 aromatic carbocycles. The van der Waals surface area contributed by atoms with Gasteiger partial charge in [0.2, 0.25) is 11.7 Å². The highest BCUT2D eigenvalue weighted by molar-refractivity contribution is 7.99. The molecule has 0 aliphatic heterocycles. The van der Waals surface area contributed by atoms with Gasteiger partial charge in [0.15, 0.2) is 10.9 Å². The summed E-state index contributed by atoms with van der Waals surface area (Å²) in [6.45, 7) is 2.84. The number of carbonyl (C=O) groups is 1. The number of rotatable bonds is 9. The molecule has 8 heteroatoms. The topological polar surface area (TPSA) is 82.2 Å². The average Bonchev–Trinajstić information content (AvgIpc) is 3.46. The van der Waals surface area contributed by atoms with Gasteiger partial charge in [0.25, 0.3) is 0 Å². The van der Waals surface area contributed by atoms with Crippen molar-refractivity contribution in [1.82, 2.24) is 20.1 Å². The van der Waals surface area contributed by atoms with E-state index in [-0.39, 0.29) is 11.7 Å². The molecule has 0 unspecified atom stereocenters. The van der Waals surface area contributed by atoms with Gasteiger partial charge in [0, 0.05) is 5.69 Å². The van der Waals surface area contributed by atoms with Crippen LogP contribution in [0.25, 0.3) is 17.3 Å². The fraction of sp³-hybridized carbons (Fsp3) is 0.174. The lowest BCUT2D eigenvalue weighted by atomic mass is 10.2. The molecule has 2 heterocycles. The summed E-state index contributed by atoms with van der Waals surface area (Å²) in [5, 5.41) is 12.0. The Hall–Kier alpha value is -3.52. The second-order valence-corrected chi connectivity index (χ2v) is 7.70. The summed E-state index contributed by atoms with van der Waals surface area (Å²) < 4.78 is 13.1. The van der Waals surface area contributed by atoms with E-state index >= 15 is 0 Å². The van der Waals surface area contributed by atoms with E-state index in [0.29, 0.717) is 29.9 Å². The number of para-hydroxylation sites is 1. The number of aromatic nitrogens is 3. The second-order valence-electron chi connectivity index (χ2n) is 6.76. The first-order chi connectivity index (χ1) is 15.2. The molecule has 0 saturated carbocycles. The first kappa shape index (κ1) is 20.7. The lowest BCUT2D eigenvalue weighted by Crippen LogP contribution is -2.29. The van der Waals surface area contributed by atoms with Gasteiger partial charge in [-0.15, -0.1) is 10.2 Å². The van der Waals surface area contributed by atoms with Gasteiger partial charge in [-0.05, 0) is 48.9 Å². The van der Waals surface area contributed by atoms with Crippen molar-refractivity contribution in [3.8, 4) is 23.0 Å². The Bertz CT molecular complexity index is 1130. The van der Waals surface area contributed by atoms with E-state index in [1.165, 1.54) is 11.8 Å². The molecule has 0 saturated heterocycles. The van der Waals surface area contributed by atoms with E-state index in [0.717, 1.165) is 17.0 Å². The molecule has 0 bridgehead atoms. The van der Waals surface area contributed by atoms with Gasteiger partial charge in [-0.2, -0.15) is 0 Å². The van der Waals surface area contributed by atoms with Crippen molar-refractivity contribution in [3.63, 3.8) is 0 Å². The van der Waals surface area contributed by atoms with Crippen LogP contribution in [0, 0.1) is 6.92 Å². The van der Waals surface area contributed by atoms with Gasteiger partial charge in [0.1, 0.15) is 12.4 Å². The molecule has 0 atom stereocenters. The number of aryl methyl sites for hydroxylation is 1. The van der Waals surface area contributed by atoms with Gasteiger partial charge < -0.3 is 14.5 Å². The minimum atomic E-state index is -0.0972. The van der Waals surface area contributed by atoms with Crippen LogP contribution in [0.4, 0.5) is 0 Å². The highest BCUT2D eigenvalue weighted by atomic mass is 32.2. The summed E-state index contributed by atoms with van der Waals surface area (Å²) in [5.41, 5.74) is 2.03. The molecule has 0 aliphatic rings. The first-order valence-electron chi connectivity index (χ1n) is 9.84.